The Morgan fingerprint density at radius 1 is 1.16 bits per heavy atom. The van der Waals surface area contributed by atoms with E-state index in [0.717, 1.165) is 19.0 Å². The third kappa shape index (κ3) is 2.80. The fourth-order valence-corrected chi connectivity index (χ4v) is 3.18. The van der Waals surface area contributed by atoms with Gasteiger partial charge >= 0.3 is 0 Å². The highest BCUT2D eigenvalue weighted by molar-refractivity contribution is 5.85. The molecule has 2 nitrogen and oxygen atoms in total. The molecular weight excluding hydrogens is 232 g/mol. The van der Waals surface area contributed by atoms with Crippen LogP contribution in [0.5, 0.6) is 0 Å². The number of rotatable bonds is 4. The Morgan fingerprint density at radius 2 is 2.00 bits per heavy atom. The predicted octanol–water partition coefficient (Wildman–Crippen LogP) is 2.88. The van der Waals surface area contributed by atoms with Crippen LogP contribution in [0, 0.1) is 5.92 Å². The zero-order valence-electron chi connectivity index (χ0n) is 11.6. The summed E-state index contributed by atoms with van der Waals surface area (Å²) in [6.45, 7) is 4.69. The monoisotopic (exact) mass is 254 g/mol. The Kier molecular flexibility index (Phi) is 3.81. The van der Waals surface area contributed by atoms with E-state index in [0.29, 0.717) is 0 Å². The summed E-state index contributed by atoms with van der Waals surface area (Å²) >= 11 is 0. The van der Waals surface area contributed by atoms with Gasteiger partial charge < -0.3 is 5.32 Å². The molecule has 1 aliphatic rings. The second-order valence-electron chi connectivity index (χ2n) is 5.59. The van der Waals surface area contributed by atoms with Crippen LogP contribution in [0.2, 0.25) is 0 Å². The first-order valence-electron chi connectivity index (χ1n) is 7.20. The Labute approximate surface area is 115 Å². The molecule has 0 amide bonds. The van der Waals surface area contributed by atoms with E-state index >= 15 is 0 Å². The molecule has 0 saturated carbocycles. The van der Waals surface area contributed by atoms with Crippen molar-refractivity contribution in [3.05, 3.63) is 48.0 Å². The highest BCUT2D eigenvalue weighted by Crippen LogP contribution is 2.23. The van der Waals surface area contributed by atoms with Gasteiger partial charge in [0.25, 0.3) is 0 Å². The molecule has 3 rings (SSSR count). The summed E-state index contributed by atoms with van der Waals surface area (Å²) in [6, 6.07) is 15.3. The molecule has 2 aromatic carbocycles. The fourth-order valence-electron chi connectivity index (χ4n) is 3.18. The second kappa shape index (κ2) is 5.72. The molecule has 0 bridgehead atoms. The third-order valence-corrected chi connectivity index (χ3v) is 4.14. The lowest BCUT2D eigenvalue weighted by atomic mass is 10.0. The number of nitrogens with zero attached hydrogens (tertiary/aromatic N) is 1. The van der Waals surface area contributed by atoms with Crippen molar-refractivity contribution < 1.29 is 0 Å². The van der Waals surface area contributed by atoms with Crippen LogP contribution in [0.15, 0.2) is 42.5 Å². The van der Waals surface area contributed by atoms with Crippen molar-refractivity contribution in [3.63, 3.8) is 0 Å². The van der Waals surface area contributed by atoms with Gasteiger partial charge in [-0.15, -0.1) is 0 Å². The lowest BCUT2D eigenvalue weighted by molar-refractivity contribution is 0.316. The number of likely N-dealkylation sites (tertiary alicyclic amines) is 1. The van der Waals surface area contributed by atoms with Crippen LogP contribution in [0.4, 0.5) is 0 Å². The Morgan fingerprint density at radius 3 is 2.89 bits per heavy atom. The van der Waals surface area contributed by atoms with Gasteiger partial charge in [-0.1, -0.05) is 42.5 Å². The molecule has 1 aliphatic heterocycles. The van der Waals surface area contributed by atoms with E-state index in [9.17, 15) is 0 Å². The molecule has 1 N–H and O–H groups in total. The van der Waals surface area contributed by atoms with Crippen LogP contribution < -0.4 is 5.32 Å². The van der Waals surface area contributed by atoms with Crippen molar-refractivity contribution in [2.75, 3.05) is 26.7 Å². The smallest absolute Gasteiger partial charge is 0.0240 e. The molecule has 0 spiro atoms. The van der Waals surface area contributed by atoms with Crippen LogP contribution >= 0.6 is 0 Å². The van der Waals surface area contributed by atoms with Crippen molar-refractivity contribution in [1.82, 2.24) is 10.2 Å². The lowest BCUT2D eigenvalue weighted by Gasteiger charge is -2.17. The summed E-state index contributed by atoms with van der Waals surface area (Å²) < 4.78 is 0. The molecule has 2 aromatic rings. The van der Waals surface area contributed by atoms with Crippen LogP contribution in [0.25, 0.3) is 10.8 Å². The predicted molar refractivity (Wildman–Crippen MR) is 81.3 cm³/mol. The van der Waals surface area contributed by atoms with E-state index in [4.69, 9.17) is 0 Å². The van der Waals surface area contributed by atoms with Crippen molar-refractivity contribution in [2.45, 2.75) is 13.0 Å². The molecule has 1 fully saturated rings. The number of benzene rings is 2. The molecule has 1 unspecified atom stereocenters. The molecule has 1 saturated heterocycles. The molecule has 1 atom stereocenters. The van der Waals surface area contributed by atoms with Crippen LogP contribution in [-0.4, -0.2) is 31.6 Å². The van der Waals surface area contributed by atoms with Gasteiger partial charge in [0.1, 0.15) is 0 Å². The molecule has 19 heavy (non-hydrogen) atoms. The number of nitrogens with one attached hydrogen (secondary N) is 1. The van der Waals surface area contributed by atoms with E-state index in [-0.39, 0.29) is 0 Å². The fraction of sp³-hybridized carbons (Fsp3) is 0.412. The quantitative estimate of drug-likeness (QED) is 0.902. The summed E-state index contributed by atoms with van der Waals surface area (Å²) in [4.78, 5) is 2.59. The van der Waals surface area contributed by atoms with E-state index < -0.39 is 0 Å². The number of fused-ring (bicyclic) bond motifs is 1. The van der Waals surface area contributed by atoms with Crippen LogP contribution in [0.1, 0.15) is 12.0 Å². The van der Waals surface area contributed by atoms with Gasteiger partial charge in [-0.2, -0.15) is 0 Å². The average molecular weight is 254 g/mol. The number of hydrogen-bond donors (Lipinski definition) is 1. The second-order valence-corrected chi connectivity index (χ2v) is 5.59. The van der Waals surface area contributed by atoms with Crippen LogP contribution in [0.3, 0.4) is 0 Å². The van der Waals surface area contributed by atoms with Gasteiger partial charge in [-0.3, -0.25) is 4.90 Å². The van der Waals surface area contributed by atoms with Crippen molar-refractivity contribution in [2.24, 2.45) is 5.92 Å². The average Bonchev–Trinajstić information content (AvgIpc) is 2.87. The summed E-state index contributed by atoms with van der Waals surface area (Å²) in [6.07, 6.45) is 1.33. The summed E-state index contributed by atoms with van der Waals surface area (Å²) in [5.41, 5.74) is 1.46. The number of hydrogen-bond acceptors (Lipinski definition) is 2. The Hall–Kier alpha value is -1.38. The first-order valence-corrected chi connectivity index (χ1v) is 7.20. The highest BCUT2D eigenvalue weighted by Gasteiger charge is 2.21. The van der Waals surface area contributed by atoms with Crippen molar-refractivity contribution in [1.29, 1.82) is 0 Å². The maximum Gasteiger partial charge on any atom is 0.0240 e. The standard InChI is InChI=1S/C17H22N2/c1-18-11-14-9-10-19(12-14)13-16-7-4-6-15-5-2-3-8-17(15)16/h2-8,14,18H,9-13H2,1H3. The maximum atomic E-state index is 3.30. The Bertz CT molecular complexity index is 544. The van der Waals surface area contributed by atoms with E-state index in [1.165, 1.54) is 35.8 Å². The van der Waals surface area contributed by atoms with Gasteiger partial charge in [0.2, 0.25) is 0 Å². The first-order chi connectivity index (χ1) is 9.36. The zero-order chi connectivity index (χ0) is 13.1. The summed E-state index contributed by atoms with van der Waals surface area (Å²) in [5.74, 6) is 0.819. The summed E-state index contributed by atoms with van der Waals surface area (Å²) in [7, 11) is 2.05. The summed E-state index contributed by atoms with van der Waals surface area (Å²) in [5, 5.41) is 6.05. The lowest BCUT2D eigenvalue weighted by Crippen LogP contribution is -2.24. The van der Waals surface area contributed by atoms with Gasteiger partial charge in [0.15, 0.2) is 0 Å². The molecule has 2 heteroatoms. The molecule has 1 heterocycles. The first kappa shape index (κ1) is 12.6. The normalized spacial score (nSPS) is 20.2. The van der Waals surface area contributed by atoms with Gasteiger partial charge in [0, 0.05) is 13.1 Å². The third-order valence-electron chi connectivity index (χ3n) is 4.14. The minimum Gasteiger partial charge on any atom is -0.319 e. The SMILES string of the molecule is CNCC1CCN(Cc2cccc3ccccc23)C1. The van der Waals surface area contributed by atoms with E-state index in [1.54, 1.807) is 0 Å². The maximum absolute atomic E-state index is 3.30. The molecule has 0 aromatic heterocycles. The van der Waals surface area contributed by atoms with Gasteiger partial charge in [-0.05, 0) is 48.8 Å². The van der Waals surface area contributed by atoms with Crippen molar-refractivity contribution >= 4 is 10.8 Å². The van der Waals surface area contributed by atoms with Gasteiger partial charge in [0.05, 0.1) is 0 Å². The van der Waals surface area contributed by atoms with Crippen LogP contribution in [-0.2, 0) is 6.54 Å². The zero-order valence-corrected chi connectivity index (χ0v) is 11.6. The molecule has 0 radical (unpaired) electrons. The minimum atomic E-state index is 0.819. The molecular formula is C17H22N2. The molecule has 0 aliphatic carbocycles. The minimum absolute atomic E-state index is 0.819. The van der Waals surface area contributed by atoms with E-state index in [2.05, 4.69) is 52.7 Å². The van der Waals surface area contributed by atoms with Crippen molar-refractivity contribution in [3.8, 4) is 0 Å². The topological polar surface area (TPSA) is 15.3 Å². The Balaban J connectivity index is 1.75. The molecule has 100 valence electrons. The van der Waals surface area contributed by atoms with E-state index in [1.807, 2.05) is 7.05 Å². The van der Waals surface area contributed by atoms with Gasteiger partial charge in [-0.25, -0.2) is 0 Å². The largest absolute Gasteiger partial charge is 0.319 e. The highest BCUT2D eigenvalue weighted by atomic mass is 15.1.